The van der Waals surface area contributed by atoms with E-state index in [0.717, 1.165) is 16.8 Å². The number of nitrogens with one attached hydrogen (secondary N) is 2. The molecule has 1 amide bonds. The summed E-state index contributed by atoms with van der Waals surface area (Å²) in [5, 5.41) is 13.0. The van der Waals surface area contributed by atoms with E-state index in [1.807, 2.05) is 44.2 Å². The van der Waals surface area contributed by atoms with Crippen LogP contribution < -0.4 is 5.32 Å². The van der Waals surface area contributed by atoms with Crippen molar-refractivity contribution in [3.8, 4) is 17.0 Å². The van der Waals surface area contributed by atoms with E-state index >= 15 is 0 Å². The molecule has 0 bridgehead atoms. The molecular weight excluding hydrogens is 382 g/mol. The van der Waals surface area contributed by atoms with Gasteiger partial charge in [-0.2, -0.15) is 0 Å². The van der Waals surface area contributed by atoms with Gasteiger partial charge in [0, 0.05) is 0 Å². The van der Waals surface area contributed by atoms with Crippen LogP contribution in [-0.4, -0.2) is 21.0 Å². The third-order valence-electron chi connectivity index (χ3n) is 3.89. The number of carbonyl (C=O) groups excluding carboxylic acids is 1. The number of aromatic amines is 1. The van der Waals surface area contributed by atoms with Gasteiger partial charge in [0.05, 0.1) is 28.0 Å². The molecule has 128 valence electrons. The zero-order chi connectivity index (χ0) is 18.0. The zero-order valence-corrected chi connectivity index (χ0v) is 15.5. The van der Waals surface area contributed by atoms with Gasteiger partial charge >= 0.3 is 0 Å². The zero-order valence-electron chi connectivity index (χ0n) is 13.9. The highest BCUT2D eigenvalue weighted by Gasteiger charge is 2.18. The fourth-order valence-corrected chi connectivity index (χ4v) is 3.15. The van der Waals surface area contributed by atoms with Gasteiger partial charge < -0.3 is 15.4 Å². The first-order valence-corrected chi connectivity index (χ1v) is 8.65. The van der Waals surface area contributed by atoms with Crippen molar-refractivity contribution < 1.29 is 9.90 Å². The Hall–Kier alpha value is -2.60. The lowest BCUT2D eigenvalue weighted by Gasteiger charge is -2.13. The van der Waals surface area contributed by atoms with Gasteiger partial charge in [-0.05, 0) is 53.0 Å². The normalized spacial score (nSPS) is 12.0. The quantitative estimate of drug-likeness (QED) is 0.610. The Bertz CT molecular complexity index is 906. The summed E-state index contributed by atoms with van der Waals surface area (Å²) >= 11 is 3.26. The molecule has 0 saturated carbocycles. The molecular formula is C19H18BrN3O2. The van der Waals surface area contributed by atoms with Crippen molar-refractivity contribution in [2.75, 3.05) is 0 Å². The maximum absolute atomic E-state index is 12.5. The topological polar surface area (TPSA) is 78.0 Å². The van der Waals surface area contributed by atoms with Crippen molar-refractivity contribution in [3.05, 3.63) is 70.1 Å². The summed E-state index contributed by atoms with van der Waals surface area (Å²) in [6.07, 6.45) is 1.74. The Morgan fingerprint density at radius 1 is 1.28 bits per heavy atom. The van der Waals surface area contributed by atoms with E-state index in [4.69, 9.17) is 0 Å². The summed E-state index contributed by atoms with van der Waals surface area (Å²) in [4.78, 5) is 20.1. The summed E-state index contributed by atoms with van der Waals surface area (Å²) in [5.41, 5.74) is 3.03. The number of aromatic nitrogens is 2. The van der Waals surface area contributed by atoms with E-state index in [1.165, 1.54) is 0 Å². The van der Waals surface area contributed by atoms with Crippen LogP contribution in [0.2, 0.25) is 0 Å². The Morgan fingerprint density at radius 3 is 2.72 bits per heavy atom. The third kappa shape index (κ3) is 3.74. The summed E-state index contributed by atoms with van der Waals surface area (Å²) in [5.74, 6) is 0.227. The number of halogens is 1. The van der Waals surface area contributed by atoms with E-state index in [-0.39, 0.29) is 23.3 Å². The first kappa shape index (κ1) is 17.2. The Balaban J connectivity index is 1.78. The smallest absolute Gasteiger partial charge is 0.255 e. The van der Waals surface area contributed by atoms with Crippen LogP contribution in [0.5, 0.6) is 5.75 Å². The standard InChI is InChI=1S/C19H18BrN3O2/c1-11-8-14(17(24)15(20)9-11)19(25)22-12(2)18-21-10-16(23-18)13-6-4-3-5-7-13/h3-10,12,24H,1-2H3,(H,21,23)(H,22,25). The monoisotopic (exact) mass is 399 g/mol. The molecule has 1 atom stereocenters. The number of aryl methyl sites for hydroxylation is 1. The number of hydrogen-bond donors (Lipinski definition) is 3. The van der Waals surface area contributed by atoms with E-state index in [2.05, 4.69) is 31.2 Å². The average molecular weight is 400 g/mol. The molecule has 0 aliphatic carbocycles. The van der Waals surface area contributed by atoms with Gasteiger partial charge in [0.2, 0.25) is 0 Å². The van der Waals surface area contributed by atoms with Crippen LogP contribution in [0, 0.1) is 6.92 Å². The summed E-state index contributed by atoms with van der Waals surface area (Å²) in [7, 11) is 0. The minimum Gasteiger partial charge on any atom is -0.506 e. The number of nitrogens with zero attached hydrogens (tertiary/aromatic N) is 1. The number of aromatic hydroxyl groups is 1. The molecule has 3 aromatic rings. The molecule has 25 heavy (non-hydrogen) atoms. The lowest BCUT2D eigenvalue weighted by atomic mass is 10.1. The SMILES string of the molecule is Cc1cc(Br)c(O)c(C(=O)NC(C)c2ncc(-c3ccccc3)[nH]2)c1. The average Bonchev–Trinajstić information content (AvgIpc) is 3.09. The van der Waals surface area contributed by atoms with Crippen molar-refractivity contribution in [1.29, 1.82) is 0 Å². The molecule has 3 rings (SSSR count). The first-order chi connectivity index (χ1) is 12.0. The van der Waals surface area contributed by atoms with E-state index in [9.17, 15) is 9.90 Å². The maximum atomic E-state index is 12.5. The van der Waals surface area contributed by atoms with Crippen molar-refractivity contribution in [1.82, 2.24) is 15.3 Å². The number of carbonyl (C=O) groups is 1. The van der Waals surface area contributed by atoms with E-state index in [0.29, 0.717) is 10.3 Å². The molecule has 6 heteroatoms. The number of benzene rings is 2. The van der Waals surface area contributed by atoms with Gasteiger partial charge in [0.15, 0.2) is 0 Å². The summed E-state index contributed by atoms with van der Waals surface area (Å²) in [6, 6.07) is 12.9. The van der Waals surface area contributed by atoms with Crippen molar-refractivity contribution in [3.63, 3.8) is 0 Å². The number of H-pyrrole nitrogens is 1. The Morgan fingerprint density at radius 2 is 2.00 bits per heavy atom. The van der Waals surface area contributed by atoms with Crippen molar-refractivity contribution in [2.45, 2.75) is 19.9 Å². The van der Waals surface area contributed by atoms with Crippen LogP contribution in [0.1, 0.15) is 34.7 Å². The first-order valence-electron chi connectivity index (χ1n) is 7.86. The predicted molar refractivity (Wildman–Crippen MR) is 100 cm³/mol. The highest BCUT2D eigenvalue weighted by atomic mass is 79.9. The number of phenols is 1. The molecule has 5 nitrogen and oxygen atoms in total. The molecule has 1 heterocycles. The second-order valence-electron chi connectivity index (χ2n) is 5.89. The molecule has 1 unspecified atom stereocenters. The number of hydrogen-bond acceptors (Lipinski definition) is 3. The van der Waals surface area contributed by atoms with E-state index < -0.39 is 0 Å². The lowest BCUT2D eigenvalue weighted by molar-refractivity contribution is 0.0935. The van der Waals surface area contributed by atoms with Gasteiger partial charge in [-0.15, -0.1) is 0 Å². The fourth-order valence-electron chi connectivity index (χ4n) is 2.57. The van der Waals surface area contributed by atoms with Gasteiger partial charge in [-0.25, -0.2) is 4.98 Å². The van der Waals surface area contributed by atoms with E-state index in [1.54, 1.807) is 18.3 Å². The number of rotatable bonds is 4. The molecule has 0 radical (unpaired) electrons. The van der Waals surface area contributed by atoms with Crippen LogP contribution in [0.25, 0.3) is 11.3 Å². The lowest BCUT2D eigenvalue weighted by Crippen LogP contribution is -2.27. The van der Waals surface area contributed by atoms with Crippen LogP contribution in [0.3, 0.4) is 0 Å². The fraction of sp³-hybridized carbons (Fsp3) is 0.158. The molecule has 2 aromatic carbocycles. The molecule has 1 aromatic heterocycles. The summed E-state index contributed by atoms with van der Waals surface area (Å²) < 4.78 is 0.495. The second-order valence-corrected chi connectivity index (χ2v) is 6.74. The number of phenolic OH excluding ortho intramolecular Hbond substituents is 1. The largest absolute Gasteiger partial charge is 0.506 e. The van der Waals surface area contributed by atoms with Crippen molar-refractivity contribution in [2.24, 2.45) is 0 Å². The van der Waals surface area contributed by atoms with Gasteiger partial charge in [0.1, 0.15) is 11.6 Å². The van der Waals surface area contributed by atoms with Crippen LogP contribution in [-0.2, 0) is 0 Å². The molecule has 0 aliphatic rings. The Labute approximate surface area is 154 Å². The molecule has 0 fully saturated rings. The highest BCUT2D eigenvalue weighted by molar-refractivity contribution is 9.10. The second kappa shape index (κ2) is 7.11. The van der Waals surface area contributed by atoms with Crippen LogP contribution >= 0.6 is 15.9 Å². The number of imidazole rings is 1. The predicted octanol–water partition coefficient (Wildman–Crippen LogP) is 4.34. The van der Waals surface area contributed by atoms with Crippen molar-refractivity contribution >= 4 is 21.8 Å². The third-order valence-corrected chi connectivity index (χ3v) is 4.49. The molecule has 3 N–H and O–H groups in total. The van der Waals surface area contributed by atoms with Gasteiger partial charge in [-0.3, -0.25) is 4.79 Å². The molecule has 0 aliphatic heterocycles. The van der Waals surface area contributed by atoms with Gasteiger partial charge in [-0.1, -0.05) is 30.3 Å². The number of amides is 1. The maximum Gasteiger partial charge on any atom is 0.255 e. The van der Waals surface area contributed by atoms with Crippen LogP contribution in [0.15, 0.2) is 53.1 Å². The molecule has 0 saturated heterocycles. The summed E-state index contributed by atoms with van der Waals surface area (Å²) in [6.45, 7) is 3.70. The highest BCUT2D eigenvalue weighted by Crippen LogP contribution is 2.29. The van der Waals surface area contributed by atoms with Crippen LogP contribution in [0.4, 0.5) is 0 Å². The van der Waals surface area contributed by atoms with Gasteiger partial charge in [0.25, 0.3) is 5.91 Å². The minimum absolute atomic E-state index is 0.0697. The molecule has 0 spiro atoms. The Kier molecular flexibility index (Phi) is 4.90. The minimum atomic E-state index is -0.355.